The van der Waals surface area contributed by atoms with Crippen LogP contribution in [0, 0.1) is 46.8 Å². The Morgan fingerprint density at radius 1 is 1.11 bits per heavy atom. The van der Waals surface area contributed by atoms with E-state index in [1.807, 2.05) is 0 Å². The number of amides is 2. The monoisotopic (exact) mass is 503 g/mol. The van der Waals surface area contributed by atoms with Crippen LogP contribution in [0.25, 0.3) is 0 Å². The lowest BCUT2D eigenvalue weighted by atomic mass is 9.66. The number of likely N-dealkylation sites (tertiary alicyclic amines) is 1. The van der Waals surface area contributed by atoms with Crippen molar-refractivity contribution < 1.29 is 14.3 Å². The maximum Gasteiger partial charge on any atom is 0.226 e. The number of piperidine rings is 2. The smallest absolute Gasteiger partial charge is 0.226 e. The Hall–Kier alpha value is -1.34. The van der Waals surface area contributed by atoms with Crippen LogP contribution in [0.4, 0.5) is 0 Å². The zero-order valence-corrected chi connectivity index (χ0v) is 22.1. The Balaban J connectivity index is 1.21. The van der Waals surface area contributed by atoms with E-state index in [1.165, 1.54) is 0 Å². The largest absolute Gasteiger partial charge is 0.381 e. The normalized spacial score (nSPS) is 45.3. The molecule has 3 heterocycles. The molecule has 11 atom stereocenters. The highest BCUT2D eigenvalue weighted by Crippen LogP contribution is 2.43. The van der Waals surface area contributed by atoms with E-state index < -0.39 is 0 Å². The van der Waals surface area contributed by atoms with Gasteiger partial charge in [-0.05, 0) is 63.2 Å². The van der Waals surface area contributed by atoms with Gasteiger partial charge in [-0.2, -0.15) is 5.26 Å². The van der Waals surface area contributed by atoms with Crippen LogP contribution in [-0.4, -0.2) is 72.4 Å². The molecule has 35 heavy (non-hydrogen) atoms. The van der Waals surface area contributed by atoms with Crippen molar-refractivity contribution in [3.8, 4) is 6.07 Å². The van der Waals surface area contributed by atoms with E-state index in [0.29, 0.717) is 35.7 Å². The average molecular weight is 504 g/mol. The third-order valence-corrected chi connectivity index (χ3v) is 10.6. The molecule has 2 amide bonds. The second kappa shape index (κ2) is 10.6. The van der Waals surface area contributed by atoms with Gasteiger partial charge in [0.2, 0.25) is 11.8 Å². The molecule has 2 aliphatic carbocycles. The van der Waals surface area contributed by atoms with Gasteiger partial charge >= 0.3 is 0 Å². The minimum Gasteiger partial charge on any atom is -0.381 e. The predicted molar refractivity (Wildman–Crippen MR) is 135 cm³/mol. The number of ether oxygens (including phenoxy) is 1. The van der Waals surface area contributed by atoms with Crippen molar-refractivity contribution in [3.05, 3.63) is 0 Å². The molecule has 0 radical (unpaired) electrons. The highest BCUT2D eigenvalue weighted by atomic mass is 32.2. The Kier molecular flexibility index (Phi) is 7.64. The highest BCUT2D eigenvalue weighted by molar-refractivity contribution is 8.00. The summed E-state index contributed by atoms with van der Waals surface area (Å²) in [7, 11) is 1.77. The molecular formula is C26H41N5O3S. The van der Waals surface area contributed by atoms with Crippen LogP contribution in [0.5, 0.6) is 0 Å². The van der Waals surface area contributed by atoms with Gasteiger partial charge in [0.25, 0.3) is 0 Å². The summed E-state index contributed by atoms with van der Waals surface area (Å²) >= 11 is 1.76. The first-order chi connectivity index (χ1) is 16.9. The predicted octanol–water partition coefficient (Wildman–Crippen LogP) is 1.92. The van der Waals surface area contributed by atoms with Gasteiger partial charge in [-0.3, -0.25) is 14.9 Å². The van der Waals surface area contributed by atoms with E-state index in [9.17, 15) is 14.9 Å². The second-order valence-corrected chi connectivity index (χ2v) is 13.0. The van der Waals surface area contributed by atoms with Crippen molar-refractivity contribution in [1.29, 1.82) is 5.26 Å². The number of fused-ring (bicyclic) bond motifs is 1. The van der Waals surface area contributed by atoms with Gasteiger partial charge in [-0.1, -0.05) is 6.92 Å². The number of carbonyl (C=O) groups is 2. The third kappa shape index (κ3) is 5.36. The fourth-order valence-corrected chi connectivity index (χ4v) is 8.46. The molecule has 5 rings (SSSR count). The number of methoxy groups -OCH3 is 1. The number of nitrogens with one attached hydrogen (secondary N) is 3. The third-order valence-electron chi connectivity index (χ3n) is 9.28. The topological polar surface area (TPSA) is 106 Å². The fourth-order valence-electron chi connectivity index (χ4n) is 7.00. The molecule has 3 aliphatic heterocycles. The van der Waals surface area contributed by atoms with Gasteiger partial charge in [-0.25, -0.2) is 0 Å². The number of hydrogen-bond donors (Lipinski definition) is 3. The fraction of sp³-hybridized carbons (Fsp3) is 0.885. The Morgan fingerprint density at radius 3 is 2.63 bits per heavy atom. The Bertz CT molecular complexity index is 851. The SMILES string of the molecule is COC1CCC(C#N)CC1C1CC(C)NCC1C(=O)NC1NC2CCN(C(=O)C3CC3C)CC2S1. The van der Waals surface area contributed by atoms with Crippen LogP contribution in [0.3, 0.4) is 0 Å². The lowest BCUT2D eigenvalue weighted by Crippen LogP contribution is -2.55. The van der Waals surface area contributed by atoms with E-state index >= 15 is 0 Å². The standard InChI is InChI=1S/C26H41N5O3S/c1-14-8-17(14)25(33)31-7-6-21-23(13-31)35-26(29-21)30-24(32)20-12-28-15(2)9-18(20)19-10-16(11-27)4-5-22(19)34-3/h14-23,26,28-29H,4-10,12-13H2,1-3H3,(H,30,32). The molecule has 0 bridgehead atoms. The molecule has 9 heteroatoms. The van der Waals surface area contributed by atoms with Crippen molar-refractivity contribution in [1.82, 2.24) is 20.9 Å². The van der Waals surface area contributed by atoms with Gasteiger partial charge in [-0.15, -0.1) is 11.8 Å². The molecule has 0 spiro atoms. The van der Waals surface area contributed by atoms with E-state index in [2.05, 4.69) is 40.8 Å². The molecule has 0 aromatic heterocycles. The lowest BCUT2D eigenvalue weighted by Gasteiger charge is -2.44. The first-order valence-corrected chi connectivity index (χ1v) is 14.5. The van der Waals surface area contributed by atoms with Crippen LogP contribution < -0.4 is 16.0 Å². The molecule has 5 aliphatic rings. The molecule has 0 aromatic rings. The molecule has 0 aromatic carbocycles. The molecule has 194 valence electrons. The molecule has 8 nitrogen and oxygen atoms in total. The first kappa shape index (κ1) is 25.3. The van der Waals surface area contributed by atoms with Crippen LogP contribution in [0.2, 0.25) is 0 Å². The van der Waals surface area contributed by atoms with Gasteiger partial charge in [0.1, 0.15) is 5.50 Å². The summed E-state index contributed by atoms with van der Waals surface area (Å²) < 4.78 is 5.86. The number of nitriles is 1. The molecule has 3 saturated heterocycles. The van der Waals surface area contributed by atoms with E-state index in [-0.39, 0.29) is 47.1 Å². The number of hydrogen-bond acceptors (Lipinski definition) is 7. The van der Waals surface area contributed by atoms with Crippen LogP contribution >= 0.6 is 11.8 Å². The number of rotatable bonds is 5. The van der Waals surface area contributed by atoms with E-state index in [4.69, 9.17) is 4.74 Å². The Morgan fingerprint density at radius 2 is 1.91 bits per heavy atom. The molecule has 5 fully saturated rings. The minimum absolute atomic E-state index is 0.0553. The zero-order valence-electron chi connectivity index (χ0n) is 21.2. The van der Waals surface area contributed by atoms with Gasteiger partial charge < -0.3 is 20.3 Å². The Labute approximate surface area is 213 Å². The van der Waals surface area contributed by atoms with Crippen molar-refractivity contribution in [2.75, 3.05) is 26.7 Å². The van der Waals surface area contributed by atoms with Crippen molar-refractivity contribution in [3.63, 3.8) is 0 Å². The highest BCUT2D eigenvalue weighted by Gasteiger charge is 2.47. The van der Waals surface area contributed by atoms with Crippen LogP contribution in [0.1, 0.15) is 52.4 Å². The van der Waals surface area contributed by atoms with Crippen molar-refractivity contribution in [2.24, 2.45) is 35.5 Å². The summed E-state index contributed by atoms with van der Waals surface area (Å²) in [4.78, 5) is 28.4. The average Bonchev–Trinajstić information content (AvgIpc) is 3.46. The van der Waals surface area contributed by atoms with Crippen LogP contribution in [0.15, 0.2) is 0 Å². The molecular weight excluding hydrogens is 462 g/mol. The first-order valence-electron chi connectivity index (χ1n) is 13.5. The lowest BCUT2D eigenvalue weighted by molar-refractivity contribution is -0.133. The van der Waals surface area contributed by atoms with Crippen molar-refractivity contribution in [2.45, 2.75) is 81.3 Å². The quantitative estimate of drug-likeness (QED) is 0.526. The van der Waals surface area contributed by atoms with E-state index in [1.54, 1.807) is 18.9 Å². The van der Waals surface area contributed by atoms with Gasteiger partial charge in [0.05, 0.1) is 18.1 Å². The summed E-state index contributed by atoms with van der Waals surface area (Å²) in [6.45, 7) is 6.58. The summed E-state index contributed by atoms with van der Waals surface area (Å²) in [6.07, 6.45) is 5.61. The maximum atomic E-state index is 13.6. The number of nitrogens with zero attached hydrogens (tertiary/aromatic N) is 2. The summed E-state index contributed by atoms with van der Waals surface area (Å²) in [5, 5.41) is 20.3. The second-order valence-electron chi connectivity index (χ2n) is 11.6. The minimum atomic E-state index is -0.134. The molecule has 3 N–H and O–H groups in total. The van der Waals surface area contributed by atoms with Gasteiger partial charge in [0, 0.05) is 55.9 Å². The van der Waals surface area contributed by atoms with E-state index in [0.717, 1.165) is 51.6 Å². The maximum absolute atomic E-state index is 13.6. The van der Waals surface area contributed by atoms with Gasteiger partial charge in [0.15, 0.2) is 0 Å². The summed E-state index contributed by atoms with van der Waals surface area (Å²) in [5.41, 5.74) is -0.121. The zero-order chi connectivity index (χ0) is 24.7. The molecule has 11 unspecified atom stereocenters. The molecule has 2 saturated carbocycles. The number of carbonyl (C=O) groups excluding carboxylic acids is 2. The number of thioether (sulfide) groups is 1. The van der Waals surface area contributed by atoms with Crippen LogP contribution in [-0.2, 0) is 14.3 Å². The van der Waals surface area contributed by atoms with Crippen molar-refractivity contribution >= 4 is 23.6 Å². The summed E-state index contributed by atoms with van der Waals surface area (Å²) in [5.74, 6) is 1.54. The summed E-state index contributed by atoms with van der Waals surface area (Å²) in [6, 6.07) is 3.15.